The molecule has 2 atom stereocenters. The van der Waals surface area contributed by atoms with Gasteiger partial charge >= 0.3 is 6.18 Å². The van der Waals surface area contributed by atoms with Gasteiger partial charge in [-0.05, 0) is 19.4 Å². The highest BCUT2D eigenvalue weighted by Gasteiger charge is 2.41. The van der Waals surface area contributed by atoms with Crippen LogP contribution in [-0.2, 0) is 0 Å². The monoisotopic (exact) mass is 284 g/mol. The second-order valence-electron chi connectivity index (χ2n) is 4.58. The van der Waals surface area contributed by atoms with Crippen LogP contribution in [0.25, 0.3) is 0 Å². The summed E-state index contributed by atoms with van der Waals surface area (Å²) in [6.45, 7) is 3.29. The molecule has 0 spiro atoms. The summed E-state index contributed by atoms with van der Waals surface area (Å²) >= 11 is 0. The summed E-state index contributed by atoms with van der Waals surface area (Å²) in [7, 11) is 0. The molecule has 0 saturated carbocycles. The fourth-order valence-corrected chi connectivity index (χ4v) is 1.92. The lowest BCUT2D eigenvalue weighted by Crippen LogP contribution is -2.35. The Morgan fingerprint density at radius 1 is 1.20 bits per heavy atom. The van der Waals surface area contributed by atoms with E-state index in [1.54, 1.807) is 32.0 Å². The predicted octanol–water partition coefficient (Wildman–Crippen LogP) is 3.94. The topological polar surface area (TPSA) is 38.1 Å². The number of benzene rings is 1. The number of nitrogens with one attached hydrogen (secondary N) is 1. The molecule has 108 valence electrons. The smallest absolute Gasteiger partial charge is 0.407 e. The SMILES string of the molecule is Cc1cnc(C(C)NC(c2ccccc2)C(F)(F)F)o1. The molecule has 0 amide bonds. The maximum atomic E-state index is 13.2. The number of hydrogen-bond acceptors (Lipinski definition) is 3. The first-order valence-electron chi connectivity index (χ1n) is 6.18. The van der Waals surface area contributed by atoms with Gasteiger partial charge in [0.25, 0.3) is 0 Å². The summed E-state index contributed by atoms with van der Waals surface area (Å²) in [6, 6.07) is 5.32. The molecule has 0 fully saturated rings. The van der Waals surface area contributed by atoms with Gasteiger partial charge < -0.3 is 4.42 Å². The molecule has 0 aliphatic carbocycles. The Bertz CT molecular complexity index is 551. The summed E-state index contributed by atoms with van der Waals surface area (Å²) in [5, 5.41) is 2.52. The van der Waals surface area contributed by atoms with Crippen LogP contribution < -0.4 is 5.32 Å². The van der Waals surface area contributed by atoms with Crippen LogP contribution in [0.4, 0.5) is 13.2 Å². The van der Waals surface area contributed by atoms with Crippen LogP contribution in [-0.4, -0.2) is 11.2 Å². The number of alkyl halides is 3. The van der Waals surface area contributed by atoms with Gasteiger partial charge in [-0.25, -0.2) is 4.98 Å². The van der Waals surface area contributed by atoms with E-state index in [2.05, 4.69) is 10.3 Å². The van der Waals surface area contributed by atoms with E-state index in [0.717, 1.165) is 0 Å². The number of nitrogens with zero attached hydrogens (tertiary/aromatic N) is 1. The summed E-state index contributed by atoms with van der Waals surface area (Å²) in [6.07, 6.45) is -2.91. The van der Waals surface area contributed by atoms with Crippen LogP contribution in [0.1, 0.15) is 36.2 Å². The third kappa shape index (κ3) is 3.39. The fourth-order valence-electron chi connectivity index (χ4n) is 1.92. The largest absolute Gasteiger partial charge is 0.444 e. The normalized spacial score (nSPS) is 15.1. The molecule has 2 aromatic rings. The van der Waals surface area contributed by atoms with E-state index < -0.39 is 18.3 Å². The molecule has 0 aliphatic heterocycles. The van der Waals surface area contributed by atoms with Crippen LogP contribution in [0, 0.1) is 6.92 Å². The average molecular weight is 284 g/mol. The van der Waals surface area contributed by atoms with Crippen molar-refractivity contribution in [3.63, 3.8) is 0 Å². The molecule has 20 heavy (non-hydrogen) atoms. The highest BCUT2D eigenvalue weighted by atomic mass is 19.4. The van der Waals surface area contributed by atoms with Crippen molar-refractivity contribution in [2.24, 2.45) is 0 Å². The van der Waals surface area contributed by atoms with Crippen molar-refractivity contribution in [2.75, 3.05) is 0 Å². The molecule has 0 radical (unpaired) electrons. The van der Waals surface area contributed by atoms with Gasteiger partial charge in [-0.1, -0.05) is 30.3 Å². The van der Waals surface area contributed by atoms with E-state index in [9.17, 15) is 13.2 Å². The fraction of sp³-hybridized carbons (Fsp3) is 0.357. The number of hydrogen-bond donors (Lipinski definition) is 1. The van der Waals surface area contributed by atoms with Crippen molar-refractivity contribution < 1.29 is 17.6 Å². The van der Waals surface area contributed by atoms with Gasteiger partial charge in [-0.3, -0.25) is 5.32 Å². The summed E-state index contributed by atoms with van der Waals surface area (Å²) in [5.41, 5.74) is 0.162. The molecule has 1 aromatic carbocycles. The Balaban J connectivity index is 2.21. The second kappa shape index (κ2) is 5.66. The molecule has 3 nitrogen and oxygen atoms in total. The third-order valence-corrected chi connectivity index (χ3v) is 2.89. The molecular formula is C14H15F3N2O. The first kappa shape index (κ1) is 14.6. The molecule has 1 heterocycles. The lowest BCUT2D eigenvalue weighted by molar-refractivity contribution is -0.159. The first-order valence-corrected chi connectivity index (χ1v) is 6.18. The summed E-state index contributed by atoms with van der Waals surface area (Å²) < 4.78 is 44.8. The minimum absolute atomic E-state index is 0.162. The van der Waals surface area contributed by atoms with Gasteiger partial charge in [0.1, 0.15) is 11.8 Å². The number of halogens is 3. The van der Waals surface area contributed by atoms with Gasteiger partial charge in [0, 0.05) is 0 Å². The molecule has 0 bridgehead atoms. The van der Waals surface area contributed by atoms with Crippen LogP contribution in [0.5, 0.6) is 0 Å². The van der Waals surface area contributed by atoms with E-state index in [-0.39, 0.29) is 11.5 Å². The zero-order valence-electron chi connectivity index (χ0n) is 11.1. The Labute approximate surface area is 114 Å². The number of aromatic nitrogens is 1. The minimum atomic E-state index is -4.39. The Hall–Kier alpha value is -1.82. The van der Waals surface area contributed by atoms with Gasteiger partial charge in [0.15, 0.2) is 0 Å². The van der Waals surface area contributed by atoms with Gasteiger partial charge in [0.05, 0.1) is 12.2 Å². The van der Waals surface area contributed by atoms with Crippen molar-refractivity contribution in [3.8, 4) is 0 Å². The molecule has 2 rings (SSSR count). The van der Waals surface area contributed by atoms with Crippen molar-refractivity contribution >= 4 is 0 Å². The first-order chi connectivity index (χ1) is 9.38. The average Bonchev–Trinajstić information content (AvgIpc) is 2.82. The van der Waals surface area contributed by atoms with E-state index in [4.69, 9.17) is 4.42 Å². The standard InChI is InChI=1S/C14H15F3N2O/c1-9-8-18-13(20-9)10(2)19-12(14(15,16)17)11-6-4-3-5-7-11/h3-8,10,12,19H,1-2H3. The van der Waals surface area contributed by atoms with Crippen molar-refractivity contribution in [1.82, 2.24) is 10.3 Å². The number of oxazole rings is 1. The van der Waals surface area contributed by atoms with E-state index in [1.807, 2.05) is 0 Å². The van der Waals surface area contributed by atoms with Crippen LogP contribution in [0.3, 0.4) is 0 Å². The Morgan fingerprint density at radius 2 is 1.85 bits per heavy atom. The summed E-state index contributed by atoms with van der Waals surface area (Å²) in [5.74, 6) is 0.810. The molecule has 6 heteroatoms. The molecule has 2 unspecified atom stereocenters. The highest BCUT2D eigenvalue weighted by Crippen LogP contribution is 2.34. The molecule has 0 aliphatic rings. The lowest BCUT2D eigenvalue weighted by atomic mass is 10.1. The van der Waals surface area contributed by atoms with Gasteiger partial charge in [-0.2, -0.15) is 13.2 Å². The van der Waals surface area contributed by atoms with Crippen LogP contribution in [0.15, 0.2) is 40.9 Å². The Morgan fingerprint density at radius 3 is 2.35 bits per heavy atom. The summed E-state index contributed by atoms with van der Waals surface area (Å²) in [4.78, 5) is 3.95. The van der Waals surface area contributed by atoms with E-state index in [1.165, 1.54) is 18.3 Å². The quantitative estimate of drug-likeness (QED) is 0.924. The zero-order valence-corrected chi connectivity index (χ0v) is 11.1. The molecule has 1 N–H and O–H groups in total. The Kier molecular flexibility index (Phi) is 4.13. The van der Waals surface area contributed by atoms with E-state index in [0.29, 0.717) is 5.76 Å². The highest BCUT2D eigenvalue weighted by molar-refractivity contribution is 5.20. The van der Waals surface area contributed by atoms with Crippen molar-refractivity contribution in [1.29, 1.82) is 0 Å². The number of rotatable bonds is 4. The maximum Gasteiger partial charge on any atom is 0.407 e. The lowest BCUT2D eigenvalue weighted by Gasteiger charge is -2.24. The molecular weight excluding hydrogens is 269 g/mol. The minimum Gasteiger partial charge on any atom is -0.444 e. The molecule has 1 aromatic heterocycles. The second-order valence-corrected chi connectivity index (χ2v) is 4.58. The van der Waals surface area contributed by atoms with Crippen LogP contribution >= 0.6 is 0 Å². The van der Waals surface area contributed by atoms with E-state index >= 15 is 0 Å². The molecule has 0 saturated heterocycles. The van der Waals surface area contributed by atoms with Crippen molar-refractivity contribution in [2.45, 2.75) is 32.1 Å². The van der Waals surface area contributed by atoms with Gasteiger partial charge in [0.2, 0.25) is 5.89 Å². The van der Waals surface area contributed by atoms with Crippen LogP contribution in [0.2, 0.25) is 0 Å². The number of aryl methyl sites for hydroxylation is 1. The van der Waals surface area contributed by atoms with Gasteiger partial charge in [-0.15, -0.1) is 0 Å². The predicted molar refractivity (Wildman–Crippen MR) is 68.0 cm³/mol. The third-order valence-electron chi connectivity index (χ3n) is 2.89. The maximum absolute atomic E-state index is 13.2. The zero-order chi connectivity index (χ0) is 14.8. The van der Waals surface area contributed by atoms with Crippen molar-refractivity contribution in [3.05, 3.63) is 53.7 Å².